The Morgan fingerprint density at radius 1 is 1.47 bits per heavy atom. The maximum atomic E-state index is 11.9. The van der Waals surface area contributed by atoms with Crippen LogP contribution in [-0.4, -0.2) is 26.6 Å². The topological polar surface area (TPSA) is 89.3 Å². The second-order valence-electron chi connectivity index (χ2n) is 3.40. The van der Waals surface area contributed by atoms with Crippen LogP contribution in [0.2, 0.25) is 5.02 Å². The van der Waals surface area contributed by atoms with E-state index in [-0.39, 0.29) is 15.6 Å². The van der Waals surface area contributed by atoms with Gasteiger partial charge in [-0.25, -0.2) is 8.42 Å². The standard InChI is InChI=1S/C10H13ClN2O3S/c1-2-13-10(14)6-17(15,16)9-5-7(12)3-4-8(9)11/h3-5H,2,6,12H2,1H3,(H,13,14). The first-order valence-electron chi connectivity index (χ1n) is 4.91. The molecule has 0 bridgehead atoms. The van der Waals surface area contributed by atoms with Crippen molar-refractivity contribution in [2.75, 3.05) is 18.0 Å². The van der Waals surface area contributed by atoms with Gasteiger partial charge in [0.1, 0.15) is 5.75 Å². The molecule has 0 fully saturated rings. The van der Waals surface area contributed by atoms with Crippen LogP contribution in [-0.2, 0) is 14.6 Å². The quantitative estimate of drug-likeness (QED) is 0.797. The fourth-order valence-electron chi connectivity index (χ4n) is 1.26. The van der Waals surface area contributed by atoms with E-state index in [9.17, 15) is 13.2 Å². The minimum absolute atomic E-state index is 0.0588. The second-order valence-corrected chi connectivity index (χ2v) is 5.77. The highest BCUT2D eigenvalue weighted by Crippen LogP contribution is 2.24. The molecule has 0 aromatic heterocycles. The average Bonchev–Trinajstić information content (AvgIpc) is 2.21. The van der Waals surface area contributed by atoms with Gasteiger partial charge in [-0.2, -0.15) is 0 Å². The van der Waals surface area contributed by atoms with E-state index in [1.165, 1.54) is 18.2 Å². The normalized spacial score (nSPS) is 11.2. The van der Waals surface area contributed by atoms with Gasteiger partial charge in [0, 0.05) is 12.2 Å². The molecule has 94 valence electrons. The van der Waals surface area contributed by atoms with Crippen LogP contribution in [0.25, 0.3) is 0 Å². The smallest absolute Gasteiger partial charge is 0.235 e. The molecule has 17 heavy (non-hydrogen) atoms. The van der Waals surface area contributed by atoms with E-state index in [0.29, 0.717) is 6.54 Å². The number of hydrogen-bond acceptors (Lipinski definition) is 4. The third-order valence-corrected chi connectivity index (χ3v) is 4.08. The van der Waals surface area contributed by atoms with Crippen LogP contribution in [0.3, 0.4) is 0 Å². The molecule has 0 saturated heterocycles. The summed E-state index contributed by atoms with van der Waals surface area (Å²) in [4.78, 5) is 11.1. The zero-order valence-corrected chi connectivity index (χ0v) is 10.8. The van der Waals surface area contributed by atoms with Gasteiger partial charge in [-0.1, -0.05) is 11.6 Å². The molecule has 1 aromatic rings. The summed E-state index contributed by atoms with van der Waals surface area (Å²) in [6, 6.07) is 4.13. The van der Waals surface area contributed by atoms with Crippen LogP contribution in [0, 0.1) is 0 Å². The Labute approximate surface area is 105 Å². The van der Waals surface area contributed by atoms with Crippen molar-refractivity contribution in [1.29, 1.82) is 0 Å². The molecule has 1 aromatic carbocycles. The molecule has 0 aliphatic heterocycles. The van der Waals surface area contributed by atoms with Crippen LogP contribution in [0.1, 0.15) is 6.92 Å². The Kier molecular flexibility index (Phi) is 4.36. The summed E-state index contributed by atoms with van der Waals surface area (Å²) in [6.45, 7) is 2.08. The molecular weight excluding hydrogens is 264 g/mol. The summed E-state index contributed by atoms with van der Waals surface area (Å²) in [5.74, 6) is -1.20. The Bertz CT molecular complexity index is 528. The molecule has 0 saturated carbocycles. The predicted molar refractivity (Wildman–Crippen MR) is 66.6 cm³/mol. The minimum Gasteiger partial charge on any atom is -0.399 e. The number of sulfone groups is 1. The fourth-order valence-corrected chi connectivity index (χ4v) is 3.01. The monoisotopic (exact) mass is 276 g/mol. The molecule has 1 rings (SSSR count). The van der Waals surface area contributed by atoms with Crippen molar-refractivity contribution in [1.82, 2.24) is 5.32 Å². The van der Waals surface area contributed by atoms with E-state index < -0.39 is 21.5 Å². The van der Waals surface area contributed by atoms with E-state index in [1.807, 2.05) is 0 Å². The molecule has 7 heteroatoms. The van der Waals surface area contributed by atoms with Gasteiger partial charge in [0.2, 0.25) is 5.91 Å². The summed E-state index contributed by atoms with van der Waals surface area (Å²) in [6.07, 6.45) is 0. The number of nitrogens with one attached hydrogen (secondary N) is 1. The molecule has 0 aliphatic carbocycles. The van der Waals surface area contributed by atoms with Crippen molar-refractivity contribution in [3.05, 3.63) is 23.2 Å². The largest absolute Gasteiger partial charge is 0.399 e. The summed E-state index contributed by atoms with van der Waals surface area (Å²) >= 11 is 5.77. The molecule has 0 aliphatic rings. The lowest BCUT2D eigenvalue weighted by atomic mass is 10.3. The van der Waals surface area contributed by atoms with Crippen molar-refractivity contribution in [2.45, 2.75) is 11.8 Å². The number of amides is 1. The average molecular weight is 277 g/mol. The van der Waals surface area contributed by atoms with Crippen LogP contribution < -0.4 is 11.1 Å². The van der Waals surface area contributed by atoms with Crippen molar-refractivity contribution in [2.24, 2.45) is 0 Å². The van der Waals surface area contributed by atoms with E-state index >= 15 is 0 Å². The number of nitrogens with two attached hydrogens (primary N) is 1. The Hall–Kier alpha value is -1.27. The maximum absolute atomic E-state index is 11.9. The van der Waals surface area contributed by atoms with Gasteiger partial charge < -0.3 is 11.1 Å². The number of anilines is 1. The highest BCUT2D eigenvalue weighted by atomic mass is 35.5. The Morgan fingerprint density at radius 3 is 2.71 bits per heavy atom. The highest BCUT2D eigenvalue weighted by Gasteiger charge is 2.21. The van der Waals surface area contributed by atoms with Crippen LogP contribution in [0.15, 0.2) is 23.1 Å². The molecule has 1 amide bonds. The van der Waals surface area contributed by atoms with Crippen LogP contribution >= 0.6 is 11.6 Å². The zero-order valence-electron chi connectivity index (χ0n) is 9.23. The molecule has 0 radical (unpaired) electrons. The Morgan fingerprint density at radius 2 is 2.12 bits per heavy atom. The van der Waals surface area contributed by atoms with Gasteiger partial charge in [0.05, 0.1) is 9.92 Å². The van der Waals surface area contributed by atoms with Gasteiger partial charge in [-0.15, -0.1) is 0 Å². The zero-order chi connectivity index (χ0) is 13.1. The molecule has 0 atom stereocenters. The lowest BCUT2D eigenvalue weighted by Crippen LogP contribution is -2.30. The van der Waals surface area contributed by atoms with Crippen LogP contribution in [0.5, 0.6) is 0 Å². The number of hydrogen-bond donors (Lipinski definition) is 2. The summed E-state index contributed by atoms with van der Waals surface area (Å²) in [5, 5.41) is 2.47. The molecule has 5 nitrogen and oxygen atoms in total. The van der Waals surface area contributed by atoms with Gasteiger partial charge in [0.15, 0.2) is 9.84 Å². The summed E-state index contributed by atoms with van der Waals surface area (Å²) < 4.78 is 23.8. The van der Waals surface area contributed by atoms with Crippen molar-refractivity contribution < 1.29 is 13.2 Å². The second kappa shape index (κ2) is 5.37. The number of rotatable bonds is 4. The minimum atomic E-state index is -3.76. The highest BCUT2D eigenvalue weighted by molar-refractivity contribution is 7.92. The van der Waals surface area contributed by atoms with Crippen molar-refractivity contribution >= 4 is 33.0 Å². The first kappa shape index (κ1) is 13.8. The molecule has 0 unspecified atom stereocenters. The lowest BCUT2D eigenvalue weighted by Gasteiger charge is -2.07. The fraction of sp³-hybridized carbons (Fsp3) is 0.300. The number of carbonyl (C=O) groups excluding carboxylic acids is 1. The number of benzene rings is 1. The van der Waals surface area contributed by atoms with E-state index in [1.54, 1.807) is 6.92 Å². The number of halogens is 1. The first-order chi connectivity index (χ1) is 7.86. The summed E-state index contributed by atoms with van der Waals surface area (Å²) in [5.41, 5.74) is 5.77. The molecule has 3 N–H and O–H groups in total. The van der Waals surface area contributed by atoms with Crippen molar-refractivity contribution in [3.63, 3.8) is 0 Å². The SMILES string of the molecule is CCNC(=O)CS(=O)(=O)c1cc(N)ccc1Cl. The third-order valence-electron chi connectivity index (χ3n) is 1.99. The van der Waals surface area contributed by atoms with E-state index in [0.717, 1.165) is 0 Å². The molecular formula is C10H13ClN2O3S. The maximum Gasteiger partial charge on any atom is 0.235 e. The van der Waals surface area contributed by atoms with E-state index in [2.05, 4.69) is 5.32 Å². The molecule has 0 spiro atoms. The van der Waals surface area contributed by atoms with Gasteiger partial charge >= 0.3 is 0 Å². The first-order valence-corrected chi connectivity index (χ1v) is 6.94. The third kappa shape index (κ3) is 3.61. The van der Waals surface area contributed by atoms with Gasteiger partial charge in [-0.05, 0) is 25.1 Å². The van der Waals surface area contributed by atoms with E-state index in [4.69, 9.17) is 17.3 Å². The Balaban J connectivity index is 3.05. The predicted octanol–water partition coefficient (Wildman–Crippen LogP) is 0.832. The van der Waals surface area contributed by atoms with Gasteiger partial charge in [0.25, 0.3) is 0 Å². The van der Waals surface area contributed by atoms with Crippen LogP contribution in [0.4, 0.5) is 5.69 Å². The van der Waals surface area contributed by atoms with Gasteiger partial charge in [-0.3, -0.25) is 4.79 Å². The molecule has 0 heterocycles. The number of carbonyl (C=O) groups is 1. The van der Waals surface area contributed by atoms with Crippen molar-refractivity contribution in [3.8, 4) is 0 Å². The number of nitrogen functional groups attached to an aromatic ring is 1. The lowest BCUT2D eigenvalue weighted by molar-refractivity contribution is -0.118. The summed E-state index contributed by atoms with van der Waals surface area (Å²) in [7, 11) is -3.76.